The van der Waals surface area contributed by atoms with Gasteiger partial charge in [0.1, 0.15) is 6.10 Å². The molecule has 1 aliphatic rings. The predicted octanol–water partition coefficient (Wildman–Crippen LogP) is 3.38. The van der Waals surface area contributed by atoms with Crippen molar-refractivity contribution in [3.63, 3.8) is 0 Å². The van der Waals surface area contributed by atoms with Crippen LogP contribution in [0.1, 0.15) is 51.4 Å². The van der Waals surface area contributed by atoms with Gasteiger partial charge in [-0.3, -0.25) is 0 Å². The first-order valence-corrected chi connectivity index (χ1v) is 9.73. The van der Waals surface area contributed by atoms with Crippen LogP contribution in [-0.2, 0) is 11.3 Å². The smallest absolute Gasteiger partial charge is 0.246 e. The van der Waals surface area contributed by atoms with E-state index in [0.717, 1.165) is 37.3 Å². The molecule has 1 saturated heterocycles. The number of para-hydroxylation sites is 2. The summed E-state index contributed by atoms with van der Waals surface area (Å²) in [6, 6.07) is 8.18. The van der Waals surface area contributed by atoms with Crippen LogP contribution in [0, 0.1) is 5.92 Å². The van der Waals surface area contributed by atoms with E-state index in [0.29, 0.717) is 30.8 Å². The Morgan fingerprint density at radius 3 is 2.74 bits per heavy atom. The predicted molar refractivity (Wildman–Crippen MR) is 105 cm³/mol. The first-order chi connectivity index (χ1) is 13.0. The van der Waals surface area contributed by atoms with Crippen molar-refractivity contribution in [3.05, 3.63) is 36.0 Å². The van der Waals surface area contributed by atoms with Crippen LogP contribution < -0.4 is 10.2 Å². The van der Waals surface area contributed by atoms with Crippen LogP contribution in [0.25, 0.3) is 0 Å². The molecule has 0 radical (unpaired) electrons. The molecule has 0 saturated carbocycles. The largest absolute Gasteiger partial charge is 0.393 e. The Morgan fingerprint density at radius 1 is 1.26 bits per heavy atom. The molecule has 2 N–H and O–H groups in total. The third kappa shape index (κ3) is 5.43. The highest BCUT2D eigenvalue weighted by atomic mass is 16.5. The van der Waals surface area contributed by atoms with E-state index in [1.807, 2.05) is 25.1 Å². The maximum absolute atomic E-state index is 9.73. The highest BCUT2D eigenvalue weighted by Gasteiger charge is 2.20. The zero-order chi connectivity index (χ0) is 19.2. The number of aromatic nitrogens is 2. The average Bonchev–Trinajstić information content (AvgIpc) is 3.14. The second-order valence-corrected chi connectivity index (χ2v) is 7.50. The molecule has 3 rings (SSSR count). The molecule has 1 unspecified atom stereocenters. The lowest BCUT2D eigenvalue weighted by atomic mass is 10.1. The quantitative estimate of drug-likeness (QED) is 0.733. The van der Waals surface area contributed by atoms with Gasteiger partial charge in [0.15, 0.2) is 5.82 Å². The minimum absolute atomic E-state index is 0.182. The Kier molecular flexibility index (Phi) is 6.68. The van der Waals surface area contributed by atoms with Crippen LogP contribution in [0.15, 0.2) is 28.8 Å². The fraction of sp³-hybridized carbons (Fsp3) is 0.600. The second-order valence-electron chi connectivity index (χ2n) is 7.50. The molecule has 2 heterocycles. The maximum atomic E-state index is 9.73. The molecule has 0 bridgehead atoms. The molecule has 1 aromatic heterocycles. The van der Waals surface area contributed by atoms with Crippen molar-refractivity contribution in [2.75, 3.05) is 29.9 Å². The summed E-state index contributed by atoms with van der Waals surface area (Å²) >= 11 is 0. The van der Waals surface area contributed by atoms with Crippen molar-refractivity contribution in [3.8, 4) is 0 Å². The van der Waals surface area contributed by atoms with Crippen LogP contribution in [-0.4, -0.2) is 41.0 Å². The Labute approximate surface area is 160 Å². The summed E-state index contributed by atoms with van der Waals surface area (Å²) in [5.74, 6) is 1.58. The number of nitrogens with one attached hydrogen (secondary N) is 1. The van der Waals surface area contributed by atoms with Crippen LogP contribution in [0.4, 0.5) is 11.4 Å². The van der Waals surface area contributed by atoms with Crippen molar-refractivity contribution in [1.29, 1.82) is 0 Å². The Balaban J connectivity index is 1.59. The number of rotatable bonds is 8. The van der Waals surface area contributed by atoms with Crippen molar-refractivity contribution in [2.24, 2.45) is 5.92 Å². The molecule has 2 aromatic rings. The van der Waals surface area contributed by atoms with Gasteiger partial charge >= 0.3 is 0 Å². The normalized spacial score (nSPS) is 16.7. The van der Waals surface area contributed by atoms with Crippen LogP contribution in [0.5, 0.6) is 0 Å². The first-order valence-electron chi connectivity index (χ1n) is 9.73. The topological polar surface area (TPSA) is 83.7 Å². The molecule has 7 heteroatoms. The van der Waals surface area contributed by atoms with Crippen molar-refractivity contribution >= 4 is 11.4 Å². The number of piperidine rings is 1. The van der Waals surface area contributed by atoms with Gasteiger partial charge in [-0.15, -0.1) is 0 Å². The number of aliphatic hydroxyl groups is 1. The minimum atomic E-state index is -0.183. The molecule has 27 heavy (non-hydrogen) atoms. The zero-order valence-corrected chi connectivity index (χ0v) is 16.4. The maximum Gasteiger partial charge on any atom is 0.246 e. The number of nitrogens with zero attached hydrogens (tertiary/aromatic N) is 3. The van der Waals surface area contributed by atoms with Gasteiger partial charge in [0.2, 0.25) is 5.89 Å². The van der Waals surface area contributed by atoms with E-state index >= 15 is 0 Å². The number of hydrogen-bond donors (Lipinski definition) is 2. The van der Waals surface area contributed by atoms with Crippen LogP contribution >= 0.6 is 0 Å². The van der Waals surface area contributed by atoms with E-state index in [1.54, 1.807) is 0 Å². The summed E-state index contributed by atoms with van der Waals surface area (Å²) in [5, 5.41) is 17.2. The van der Waals surface area contributed by atoms with Gasteiger partial charge in [0, 0.05) is 19.7 Å². The fourth-order valence-electron chi connectivity index (χ4n) is 3.09. The van der Waals surface area contributed by atoms with Gasteiger partial charge in [-0.2, -0.15) is 4.98 Å². The lowest BCUT2D eigenvalue weighted by Gasteiger charge is -2.32. The molecule has 1 atom stereocenters. The number of benzene rings is 1. The SMILES string of the molecule is CC(C)COC(C)c1noc(CNc2ccccc2N2CCC(O)CC2)n1. The minimum Gasteiger partial charge on any atom is -0.393 e. The lowest BCUT2D eigenvalue weighted by molar-refractivity contribution is 0.0402. The zero-order valence-electron chi connectivity index (χ0n) is 16.4. The third-order valence-electron chi connectivity index (χ3n) is 4.67. The first kappa shape index (κ1) is 19.6. The molecule has 1 aromatic carbocycles. The summed E-state index contributed by atoms with van der Waals surface area (Å²) in [4.78, 5) is 6.75. The van der Waals surface area contributed by atoms with Gasteiger partial charge in [0.25, 0.3) is 0 Å². The number of aliphatic hydroxyl groups excluding tert-OH is 1. The van der Waals surface area contributed by atoms with Gasteiger partial charge in [-0.25, -0.2) is 0 Å². The molecule has 0 aliphatic carbocycles. The van der Waals surface area contributed by atoms with E-state index in [4.69, 9.17) is 9.26 Å². The van der Waals surface area contributed by atoms with Crippen molar-refractivity contribution in [2.45, 2.75) is 52.4 Å². The average molecular weight is 374 g/mol. The van der Waals surface area contributed by atoms with Crippen molar-refractivity contribution < 1.29 is 14.4 Å². The summed E-state index contributed by atoms with van der Waals surface area (Å²) in [7, 11) is 0. The molecule has 1 aliphatic heterocycles. The monoisotopic (exact) mass is 374 g/mol. The summed E-state index contributed by atoms with van der Waals surface area (Å²) in [6.07, 6.45) is 1.24. The van der Waals surface area contributed by atoms with E-state index in [1.165, 1.54) is 0 Å². The van der Waals surface area contributed by atoms with Crippen LogP contribution in [0.2, 0.25) is 0 Å². The summed E-state index contributed by atoms with van der Waals surface area (Å²) in [5.41, 5.74) is 2.16. The summed E-state index contributed by atoms with van der Waals surface area (Å²) < 4.78 is 11.1. The van der Waals surface area contributed by atoms with Gasteiger partial charge < -0.3 is 24.6 Å². The number of anilines is 2. The molecule has 148 valence electrons. The van der Waals surface area contributed by atoms with Gasteiger partial charge in [0.05, 0.1) is 24.0 Å². The van der Waals surface area contributed by atoms with E-state index < -0.39 is 0 Å². The van der Waals surface area contributed by atoms with Gasteiger partial charge in [-0.1, -0.05) is 31.1 Å². The number of hydrogen-bond acceptors (Lipinski definition) is 7. The molecule has 0 spiro atoms. The molecule has 7 nitrogen and oxygen atoms in total. The summed E-state index contributed by atoms with van der Waals surface area (Å²) in [6.45, 7) is 8.99. The lowest BCUT2D eigenvalue weighted by Crippen LogP contribution is -2.36. The second kappa shape index (κ2) is 9.19. The van der Waals surface area contributed by atoms with E-state index in [9.17, 15) is 5.11 Å². The van der Waals surface area contributed by atoms with Gasteiger partial charge in [-0.05, 0) is 37.8 Å². The molecular weight excluding hydrogens is 344 g/mol. The Morgan fingerprint density at radius 2 is 2.00 bits per heavy atom. The molecule has 0 amide bonds. The van der Waals surface area contributed by atoms with E-state index in [2.05, 4.69) is 40.3 Å². The Bertz CT molecular complexity index is 711. The highest BCUT2D eigenvalue weighted by molar-refractivity contribution is 5.70. The third-order valence-corrected chi connectivity index (χ3v) is 4.67. The van der Waals surface area contributed by atoms with Crippen LogP contribution in [0.3, 0.4) is 0 Å². The fourth-order valence-corrected chi connectivity index (χ4v) is 3.09. The Hall–Kier alpha value is -2.12. The number of ether oxygens (including phenoxy) is 1. The highest BCUT2D eigenvalue weighted by Crippen LogP contribution is 2.28. The standard InChI is InChI=1S/C20H30N4O3/c1-14(2)13-26-15(3)20-22-19(27-23-20)12-21-17-6-4-5-7-18(17)24-10-8-16(25)9-11-24/h4-7,14-16,21,25H,8-13H2,1-3H3. The molecule has 1 fully saturated rings. The molecular formula is C20H30N4O3. The van der Waals surface area contributed by atoms with E-state index in [-0.39, 0.29) is 12.2 Å². The van der Waals surface area contributed by atoms with Crippen molar-refractivity contribution in [1.82, 2.24) is 10.1 Å².